The van der Waals surface area contributed by atoms with Crippen LogP contribution in [-0.4, -0.2) is 35.4 Å². The smallest absolute Gasteiger partial charge is 0.272 e. The lowest BCUT2D eigenvalue weighted by atomic mass is 10.0. The standard InChI is InChI=1S/C15H21N3O3/c1-10-4-5-12(8-14(10)18(20)21)11(2)16-13-6-7-15(19)17(3)9-13/h4-5,8,11,13,16H,6-7,9H2,1-3H3. The van der Waals surface area contributed by atoms with Crippen molar-refractivity contribution < 1.29 is 9.72 Å². The first-order chi connectivity index (χ1) is 9.88. The summed E-state index contributed by atoms with van der Waals surface area (Å²) in [5, 5.41) is 14.5. The van der Waals surface area contributed by atoms with Gasteiger partial charge in [-0.2, -0.15) is 0 Å². The van der Waals surface area contributed by atoms with E-state index in [0.29, 0.717) is 18.5 Å². The zero-order chi connectivity index (χ0) is 15.6. The van der Waals surface area contributed by atoms with Crippen LogP contribution in [0.3, 0.4) is 0 Å². The molecular weight excluding hydrogens is 270 g/mol. The number of carbonyl (C=O) groups excluding carboxylic acids is 1. The van der Waals surface area contributed by atoms with Gasteiger partial charge in [0.05, 0.1) is 4.92 Å². The number of aryl methyl sites for hydroxylation is 1. The summed E-state index contributed by atoms with van der Waals surface area (Å²) < 4.78 is 0. The molecule has 1 aromatic rings. The Morgan fingerprint density at radius 2 is 2.19 bits per heavy atom. The van der Waals surface area contributed by atoms with Gasteiger partial charge in [0.25, 0.3) is 5.69 Å². The van der Waals surface area contributed by atoms with Crippen molar-refractivity contribution >= 4 is 11.6 Å². The molecule has 0 spiro atoms. The fraction of sp³-hybridized carbons (Fsp3) is 0.533. The quantitative estimate of drug-likeness (QED) is 0.681. The summed E-state index contributed by atoms with van der Waals surface area (Å²) in [4.78, 5) is 23.9. The van der Waals surface area contributed by atoms with E-state index >= 15 is 0 Å². The van der Waals surface area contributed by atoms with Gasteiger partial charge in [0.1, 0.15) is 0 Å². The molecule has 114 valence electrons. The number of nitro benzene ring substituents is 1. The van der Waals surface area contributed by atoms with Gasteiger partial charge >= 0.3 is 0 Å². The van der Waals surface area contributed by atoms with Crippen LogP contribution in [0.5, 0.6) is 0 Å². The minimum absolute atomic E-state index is 0.0101. The number of nitrogens with zero attached hydrogens (tertiary/aromatic N) is 2. The van der Waals surface area contributed by atoms with E-state index in [1.165, 1.54) is 0 Å². The Morgan fingerprint density at radius 3 is 2.81 bits per heavy atom. The predicted octanol–water partition coefficient (Wildman–Crippen LogP) is 2.17. The Kier molecular flexibility index (Phi) is 4.57. The summed E-state index contributed by atoms with van der Waals surface area (Å²) in [6.45, 7) is 4.41. The first-order valence-electron chi connectivity index (χ1n) is 7.13. The second-order valence-corrected chi connectivity index (χ2v) is 5.70. The first kappa shape index (κ1) is 15.4. The molecule has 2 atom stereocenters. The number of nitrogens with one attached hydrogen (secondary N) is 1. The Morgan fingerprint density at radius 1 is 1.48 bits per heavy atom. The molecule has 1 amide bonds. The maximum absolute atomic E-state index is 11.5. The Hall–Kier alpha value is -1.95. The maximum Gasteiger partial charge on any atom is 0.272 e. The molecule has 0 bridgehead atoms. The van der Waals surface area contributed by atoms with E-state index in [4.69, 9.17) is 0 Å². The third-order valence-electron chi connectivity index (χ3n) is 4.04. The molecule has 1 N–H and O–H groups in total. The number of carbonyl (C=O) groups is 1. The summed E-state index contributed by atoms with van der Waals surface area (Å²) >= 11 is 0. The van der Waals surface area contributed by atoms with Crippen LogP contribution < -0.4 is 5.32 Å². The summed E-state index contributed by atoms with van der Waals surface area (Å²) in [6.07, 6.45) is 1.36. The second kappa shape index (κ2) is 6.22. The van der Waals surface area contributed by atoms with Crippen LogP contribution in [0.1, 0.15) is 36.9 Å². The van der Waals surface area contributed by atoms with Gasteiger partial charge in [-0.05, 0) is 25.8 Å². The number of rotatable bonds is 4. The van der Waals surface area contributed by atoms with Crippen molar-refractivity contribution in [2.24, 2.45) is 0 Å². The van der Waals surface area contributed by atoms with Gasteiger partial charge in [-0.15, -0.1) is 0 Å². The third-order valence-corrected chi connectivity index (χ3v) is 4.04. The van der Waals surface area contributed by atoms with Gasteiger partial charge in [0, 0.05) is 43.7 Å². The fourth-order valence-corrected chi connectivity index (χ4v) is 2.69. The number of hydrogen-bond donors (Lipinski definition) is 1. The zero-order valence-electron chi connectivity index (χ0n) is 12.6. The van der Waals surface area contributed by atoms with E-state index in [-0.39, 0.29) is 28.6 Å². The highest BCUT2D eigenvalue weighted by atomic mass is 16.6. The molecule has 0 saturated carbocycles. The molecule has 1 aliphatic rings. The number of likely N-dealkylation sites (N-methyl/N-ethyl adjacent to an activating group) is 1. The minimum atomic E-state index is -0.349. The van der Waals surface area contributed by atoms with Crippen LogP contribution >= 0.6 is 0 Å². The van der Waals surface area contributed by atoms with E-state index in [1.807, 2.05) is 13.0 Å². The lowest BCUT2D eigenvalue weighted by Gasteiger charge is -2.32. The molecule has 6 nitrogen and oxygen atoms in total. The molecule has 1 aromatic carbocycles. The highest BCUT2D eigenvalue weighted by molar-refractivity contribution is 5.76. The second-order valence-electron chi connectivity index (χ2n) is 5.70. The Labute approximate surface area is 124 Å². The molecule has 2 rings (SSSR count). The van der Waals surface area contributed by atoms with Crippen molar-refractivity contribution in [2.75, 3.05) is 13.6 Å². The minimum Gasteiger partial charge on any atom is -0.344 e. The molecule has 21 heavy (non-hydrogen) atoms. The van der Waals surface area contributed by atoms with Crippen LogP contribution in [0.2, 0.25) is 0 Å². The number of likely N-dealkylation sites (tertiary alicyclic amines) is 1. The lowest BCUT2D eigenvalue weighted by Crippen LogP contribution is -2.47. The highest BCUT2D eigenvalue weighted by Crippen LogP contribution is 2.24. The molecular formula is C15H21N3O3. The van der Waals surface area contributed by atoms with Gasteiger partial charge in [-0.25, -0.2) is 0 Å². The molecule has 1 aliphatic heterocycles. The molecule has 0 aromatic heterocycles. The lowest BCUT2D eigenvalue weighted by molar-refractivity contribution is -0.385. The maximum atomic E-state index is 11.5. The van der Waals surface area contributed by atoms with Crippen LogP contribution in [0.25, 0.3) is 0 Å². The highest BCUT2D eigenvalue weighted by Gasteiger charge is 2.24. The van der Waals surface area contributed by atoms with E-state index in [2.05, 4.69) is 5.32 Å². The molecule has 6 heteroatoms. The average Bonchev–Trinajstić information content (AvgIpc) is 2.43. The first-order valence-corrected chi connectivity index (χ1v) is 7.13. The van der Waals surface area contributed by atoms with Crippen molar-refractivity contribution in [1.29, 1.82) is 0 Å². The molecule has 0 aliphatic carbocycles. The fourth-order valence-electron chi connectivity index (χ4n) is 2.69. The number of amides is 1. The van der Waals surface area contributed by atoms with E-state index < -0.39 is 0 Å². The molecule has 2 unspecified atom stereocenters. The van der Waals surface area contributed by atoms with Crippen LogP contribution in [0.4, 0.5) is 5.69 Å². The normalized spacial score (nSPS) is 20.4. The van der Waals surface area contributed by atoms with Gasteiger partial charge < -0.3 is 10.2 Å². The number of benzene rings is 1. The average molecular weight is 291 g/mol. The topological polar surface area (TPSA) is 75.5 Å². The predicted molar refractivity (Wildman–Crippen MR) is 80.0 cm³/mol. The van der Waals surface area contributed by atoms with Crippen molar-refractivity contribution in [3.63, 3.8) is 0 Å². The summed E-state index contributed by atoms with van der Waals surface area (Å²) in [5.74, 6) is 0.173. The van der Waals surface area contributed by atoms with Gasteiger partial charge in [0.2, 0.25) is 5.91 Å². The third kappa shape index (κ3) is 3.58. The number of nitro groups is 1. The van der Waals surface area contributed by atoms with Gasteiger partial charge in [0.15, 0.2) is 0 Å². The van der Waals surface area contributed by atoms with Crippen molar-refractivity contribution in [3.05, 3.63) is 39.4 Å². The Balaban J connectivity index is 2.07. The van der Waals surface area contributed by atoms with Gasteiger partial charge in [-0.3, -0.25) is 14.9 Å². The van der Waals surface area contributed by atoms with Crippen molar-refractivity contribution in [2.45, 2.75) is 38.8 Å². The number of hydrogen-bond acceptors (Lipinski definition) is 4. The summed E-state index contributed by atoms with van der Waals surface area (Å²) in [6, 6.07) is 5.56. The van der Waals surface area contributed by atoms with E-state index in [1.54, 1.807) is 31.0 Å². The zero-order valence-corrected chi connectivity index (χ0v) is 12.6. The molecule has 0 radical (unpaired) electrons. The number of piperidine rings is 1. The summed E-state index contributed by atoms with van der Waals surface area (Å²) in [5.41, 5.74) is 1.71. The summed E-state index contributed by atoms with van der Waals surface area (Å²) in [7, 11) is 1.80. The largest absolute Gasteiger partial charge is 0.344 e. The van der Waals surface area contributed by atoms with Gasteiger partial charge in [-0.1, -0.05) is 12.1 Å². The SMILES string of the molecule is Cc1ccc(C(C)NC2CCC(=O)N(C)C2)cc1[N+](=O)[O-]. The van der Waals surface area contributed by atoms with E-state index in [9.17, 15) is 14.9 Å². The van der Waals surface area contributed by atoms with E-state index in [0.717, 1.165) is 12.0 Å². The van der Waals surface area contributed by atoms with Crippen molar-refractivity contribution in [3.8, 4) is 0 Å². The Bertz CT molecular complexity index is 559. The van der Waals surface area contributed by atoms with Crippen LogP contribution in [0, 0.1) is 17.0 Å². The molecule has 1 fully saturated rings. The van der Waals surface area contributed by atoms with Crippen molar-refractivity contribution in [1.82, 2.24) is 10.2 Å². The van der Waals surface area contributed by atoms with Crippen LogP contribution in [-0.2, 0) is 4.79 Å². The van der Waals surface area contributed by atoms with Crippen LogP contribution in [0.15, 0.2) is 18.2 Å². The molecule has 1 heterocycles. The monoisotopic (exact) mass is 291 g/mol. The molecule has 1 saturated heterocycles.